The maximum atomic E-state index is 11.7. The molecule has 0 bridgehead atoms. The first-order valence-electron chi connectivity index (χ1n) is 5.31. The lowest BCUT2D eigenvalue weighted by atomic mass is 9.91. The van der Waals surface area contributed by atoms with E-state index < -0.39 is 11.4 Å². The molecule has 82 valence electrons. The van der Waals surface area contributed by atoms with Crippen LogP contribution in [-0.4, -0.2) is 15.5 Å². The van der Waals surface area contributed by atoms with Crippen molar-refractivity contribution in [3.05, 3.63) is 0 Å². The molecule has 0 amide bonds. The molecule has 1 saturated carbocycles. The quantitative estimate of drug-likeness (QED) is 0.515. The summed E-state index contributed by atoms with van der Waals surface area (Å²) in [7, 11) is 0. The second kappa shape index (κ2) is 4.23. The number of nitrogens with zero attached hydrogens (tertiary/aromatic N) is 1. The predicted molar refractivity (Wildman–Crippen MR) is 63.0 cm³/mol. The molecule has 0 saturated heterocycles. The highest BCUT2D eigenvalue weighted by molar-refractivity contribution is 7.91. The van der Waals surface area contributed by atoms with Crippen LogP contribution in [0.2, 0.25) is 0 Å². The minimum absolute atomic E-state index is 0.209. The van der Waals surface area contributed by atoms with Gasteiger partial charge in [-0.05, 0) is 33.6 Å². The summed E-state index contributed by atoms with van der Waals surface area (Å²) in [4.78, 5) is 0. The molecule has 1 aliphatic carbocycles. The largest absolute Gasteiger partial charge is 0.591 e. The summed E-state index contributed by atoms with van der Waals surface area (Å²) in [5.74, 6) is 0. The Kier molecular flexibility index (Phi) is 3.64. The summed E-state index contributed by atoms with van der Waals surface area (Å²) in [6, 6.07) is 0. The van der Waals surface area contributed by atoms with E-state index in [1.807, 2.05) is 27.0 Å². The van der Waals surface area contributed by atoms with E-state index in [2.05, 4.69) is 11.3 Å². The van der Waals surface area contributed by atoms with Gasteiger partial charge in [0.2, 0.25) is 0 Å². The molecule has 1 fully saturated rings. The molecule has 0 aromatic heterocycles. The second-order valence-corrected chi connectivity index (χ2v) is 7.39. The van der Waals surface area contributed by atoms with E-state index in [0.29, 0.717) is 0 Å². The van der Waals surface area contributed by atoms with Gasteiger partial charge in [0.05, 0.1) is 6.21 Å². The van der Waals surface area contributed by atoms with Crippen molar-refractivity contribution in [1.82, 2.24) is 0 Å². The van der Waals surface area contributed by atoms with Crippen LogP contribution in [0.15, 0.2) is 4.40 Å². The number of rotatable bonds is 2. The smallest absolute Gasteiger partial charge is 0.144 e. The van der Waals surface area contributed by atoms with Crippen molar-refractivity contribution in [3.63, 3.8) is 0 Å². The minimum Gasteiger partial charge on any atom is -0.591 e. The predicted octanol–water partition coefficient (Wildman–Crippen LogP) is 3.10. The molecular weight excluding hydrogens is 194 g/mol. The summed E-state index contributed by atoms with van der Waals surface area (Å²) in [5.41, 5.74) is 0.209. The third-order valence-electron chi connectivity index (χ3n) is 2.73. The molecule has 1 unspecified atom stereocenters. The van der Waals surface area contributed by atoms with Crippen LogP contribution in [-0.2, 0) is 11.4 Å². The zero-order valence-corrected chi connectivity index (χ0v) is 10.5. The van der Waals surface area contributed by atoms with Crippen molar-refractivity contribution in [2.45, 2.75) is 58.1 Å². The molecule has 0 radical (unpaired) electrons. The van der Waals surface area contributed by atoms with Gasteiger partial charge in [0.1, 0.15) is 16.1 Å². The van der Waals surface area contributed by atoms with Gasteiger partial charge in [-0.1, -0.05) is 24.2 Å². The lowest BCUT2D eigenvalue weighted by Gasteiger charge is -2.21. The Morgan fingerprint density at radius 2 is 1.79 bits per heavy atom. The summed E-state index contributed by atoms with van der Waals surface area (Å²) in [6.07, 6.45) is 6.88. The van der Waals surface area contributed by atoms with Crippen molar-refractivity contribution in [2.24, 2.45) is 9.81 Å². The van der Waals surface area contributed by atoms with E-state index in [1.165, 1.54) is 25.7 Å². The highest BCUT2D eigenvalue weighted by Gasteiger charge is 2.30. The van der Waals surface area contributed by atoms with Crippen LogP contribution < -0.4 is 0 Å². The molecule has 0 aromatic rings. The van der Waals surface area contributed by atoms with Crippen molar-refractivity contribution in [2.75, 3.05) is 0 Å². The Labute approximate surface area is 90.5 Å². The topological polar surface area (TPSA) is 35.4 Å². The fraction of sp³-hybridized carbons (Fsp3) is 0.909. The summed E-state index contributed by atoms with van der Waals surface area (Å²) < 4.78 is 15.6. The van der Waals surface area contributed by atoms with E-state index >= 15 is 0 Å². The maximum absolute atomic E-state index is 11.7. The van der Waals surface area contributed by atoms with Crippen molar-refractivity contribution in [1.29, 1.82) is 0 Å². The molecule has 1 aliphatic rings. The maximum Gasteiger partial charge on any atom is 0.144 e. The van der Waals surface area contributed by atoms with Gasteiger partial charge in [0.25, 0.3) is 0 Å². The van der Waals surface area contributed by atoms with Crippen LogP contribution >= 0.6 is 0 Å². The Balaban J connectivity index is 2.54. The first-order valence-corrected chi connectivity index (χ1v) is 6.41. The average molecular weight is 215 g/mol. The number of hydrogen-bond donors (Lipinski definition) is 0. The third kappa shape index (κ3) is 3.28. The highest BCUT2D eigenvalue weighted by atomic mass is 32.2. The summed E-state index contributed by atoms with van der Waals surface area (Å²) in [6.45, 7) is 8.08. The van der Waals surface area contributed by atoms with Gasteiger partial charge in [-0.25, -0.2) is 0 Å². The zero-order valence-electron chi connectivity index (χ0n) is 9.67. The zero-order chi connectivity index (χ0) is 10.8. The molecule has 0 aromatic carbocycles. The Morgan fingerprint density at radius 1 is 1.29 bits per heavy atom. The van der Waals surface area contributed by atoms with E-state index in [1.54, 1.807) is 0 Å². The van der Waals surface area contributed by atoms with Crippen LogP contribution in [0.3, 0.4) is 0 Å². The van der Waals surface area contributed by atoms with E-state index in [9.17, 15) is 4.55 Å². The molecule has 1 atom stereocenters. The van der Waals surface area contributed by atoms with E-state index in [0.717, 1.165) is 0 Å². The Bertz CT molecular complexity index is 214. The normalized spacial score (nSPS) is 24.4. The molecule has 0 spiro atoms. The summed E-state index contributed by atoms with van der Waals surface area (Å²) in [5, 5.41) is 0. The third-order valence-corrected chi connectivity index (χ3v) is 4.07. The van der Waals surface area contributed by atoms with Crippen LogP contribution in [0.1, 0.15) is 53.4 Å². The lowest BCUT2D eigenvalue weighted by Crippen LogP contribution is -2.27. The second-order valence-electron chi connectivity index (χ2n) is 5.46. The van der Waals surface area contributed by atoms with Gasteiger partial charge < -0.3 is 4.55 Å². The van der Waals surface area contributed by atoms with Crippen molar-refractivity contribution < 1.29 is 4.55 Å². The van der Waals surface area contributed by atoms with Gasteiger partial charge in [-0.2, -0.15) is 0 Å². The summed E-state index contributed by atoms with van der Waals surface area (Å²) >= 11 is -1.09. The molecule has 3 heteroatoms. The Hall–Kier alpha value is -0.0200. The fourth-order valence-electron chi connectivity index (χ4n) is 1.64. The van der Waals surface area contributed by atoms with Crippen LogP contribution in [0.5, 0.6) is 0 Å². The highest BCUT2D eigenvalue weighted by Crippen LogP contribution is 2.36. The van der Waals surface area contributed by atoms with Crippen LogP contribution in [0.25, 0.3) is 0 Å². The molecule has 14 heavy (non-hydrogen) atoms. The number of hydrogen-bond acceptors (Lipinski definition) is 2. The van der Waals surface area contributed by atoms with Gasteiger partial charge in [0.15, 0.2) is 0 Å². The van der Waals surface area contributed by atoms with Gasteiger partial charge in [-0.3, -0.25) is 0 Å². The van der Waals surface area contributed by atoms with Gasteiger partial charge >= 0.3 is 0 Å². The van der Waals surface area contributed by atoms with Crippen molar-refractivity contribution in [3.8, 4) is 0 Å². The van der Waals surface area contributed by atoms with Crippen LogP contribution in [0, 0.1) is 5.41 Å². The molecule has 0 aliphatic heterocycles. The average Bonchev–Trinajstić information content (AvgIpc) is 2.47. The molecule has 0 heterocycles. The Morgan fingerprint density at radius 3 is 2.21 bits per heavy atom. The standard InChI is InChI=1S/C11H21NOS/c1-10(2,3)14(13)12-9-11(4)7-5-6-8-11/h9H,5-8H2,1-4H3/b12-9+. The van der Waals surface area contributed by atoms with Gasteiger partial charge in [0, 0.05) is 5.41 Å². The van der Waals surface area contributed by atoms with Gasteiger partial charge in [-0.15, -0.1) is 0 Å². The first-order chi connectivity index (χ1) is 6.33. The van der Waals surface area contributed by atoms with E-state index in [-0.39, 0.29) is 10.2 Å². The van der Waals surface area contributed by atoms with Crippen molar-refractivity contribution >= 4 is 17.6 Å². The van der Waals surface area contributed by atoms with Crippen LogP contribution in [0.4, 0.5) is 0 Å². The molecule has 0 N–H and O–H groups in total. The molecule has 1 rings (SSSR count). The SMILES string of the molecule is CC1(/C=N/[S+]([O-])C(C)(C)C)CCCC1. The lowest BCUT2D eigenvalue weighted by molar-refractivity contribution is 0.499. The fourth-order valence-corrected chi connectivity index (χ4v) is 2.31. The minimum atomic E-state index is -1.09. The molecular formula is C11H21NOS. The molecule has 2 nitrogen and oxygen atoms in total. The monoisotopic (exact) mass is 215 g/mol. The van der Waals surface area contributed by atoms with E-state index in [4.69, 9.17) is 0 Å². The first kappa shape index (κ1) is 12.1.